The molecule has 11 nitrogen and oxygen atoms in total. The molecule has 0 aliphatic carbocycles. The van der Waals surface area contributed by atoms with Crippen molar-refractivity contribution in [3.63, 3.8) is 0 Å². The lowest BCUT2D eigenvalue weighted by Crippen LogP contribution is -2.43. The highest BCUT2D eigenvalue weighted by atomic mass is 32.1. The van der Waals surface area contributed by atoms with Crippen LogP contribution in [0, 0.1) is 0 Å². The number of nitrogens with zero attached hydrogens (tertiary/aromatic N) is 5. The van der Waals surface area contributed by atoms with Gasteiger partial charge in [0.1, 0.15) is 11.8 Å². The van der Waals surface area contributed by atoms with E-state index in [1.807, 2.05) is 25.1 Å². The van der Waals surface area contributed by atoms with E-state index in [-0.39, 0.29) is 23.5 Å². The van der Waals surface area contributed by atoms with E-state index in [1.54, 1.807) is 23.8 Å². The Morgan fingerprint density at radius 2 is 1.89 bits per heavy atom. The third-order valence-electron chi connectivity index (χ3n) is 8.72. The quantitative estimate of drug-likeness (QED) is 0.337. The molecule has 0 bridgehead atoms. The molecule has 1 spiro atoms. The molecule has 0 unspecified atom stereocenters. The number of rotatable bonds is 10. The molecule has 0 radical (unpaired) electrons. The third kappa shape index (κ3) is 7.36. The van der Waals surface area contributed by atoms with Crippen LogP contribution < -0.4 is 20.3 Å². The molecular formula is C32H41N7O4S. The summed E-state index contributed by atoms with van der Waals surface area (Å²) >= 11 is 1.45. The molecule has 0 saturated carbocycles. The zero-order valence-electron chi connectivity index (χ0n) is 25.3. The number of nitrogens with one attached hydrogen (secondary N) is 2. The van der Waals surface area contributed by atoms with Gasteiger partial charge in [-0.05, 0) is 55.9 Å². The largest absolute Gasteiger partial charge is 0.460 e. The van der Waals surface area contributed by atoms with E-state index in [9.17, 15) is 9.59 Å². The van der Waals surface area contributed by atoms with Gasteiger partial charge in [-0.1, -0.05) is 13.0 Å². The number of hydrogen-bond donors (Lipinski definition) is 2. The minimum absolute atomic E-state index is 0.0458. The number of carbonyl (C=O) groups excluding carboxylic acids is 2. The third-order valence-corrected chi connectivity index (χ3v) is 9.62. The number of amides is 2. The smallest absolute Gasteiger partial charge is 0.316 e. The Morgan fingerprint density at radius 3 is 2.61 bits per heavy atom. The molecule has 3 aliphatic heterocycles. The maximum atomic E-state index is 13.3. The van der Waals surface area contributed by atoms with E-state index >= 15 is 0 Å². The summed E-state index contributed by atoms with van der Waals surface area (Å²) in [6.45, 7) is 7.71. The van der Waals surface area contributed by atoms with Crippen molar-refractivity contribution in [2.45, 2.75) is 70.1 Å². The fourth-order valence-corrected chi connectivity index (χ4v) is 7.07. The zero-order chi connectivity index (χ0) is 30.4. The molecule has 5 heterocycles. The molecule has 6 rings (SSSR count). The molecule has 44 heavy (non-hydrogen) atoms. The Hall–Kier alpha value is -3.61. The summed E-state index contributed by atoms with van der Waals surface area (Å²) in [5, 5.41) is 8.50. The molecule has 3 saturated heterocycles. The van der Waals surface area contributed by atoms with Crippen molar-refractivity contribution in [2.75, 3.05) is 49.5 Å². The van der Waals surface area contributed by atoms with Crippen molar-refractivity contribution in [3.05, 3.63) is 58.9 Å². The fraction of sp³-hybridized carbons (Fsp3) is 0.531. The van der Waals surface area contributed by atoms with Gasteiger partial charge in [-0.15, -0.1) is 11.3 Å². The van der Waals surface area contributed by atoms with Crippen LogP contribution in [0.1, 0.15) is 78.3 Å². The summed E-state index contributed by atoms with van der Waals surface area (Å²) in [5.41, 5.74) is 2.42. The first-order valence-electron chi connectivity index (χ1n) is 15.7. The van der Waals surface area contributed by atoms with Gasteiger partial charge in [0.2, 0.25) is 0 Å². The minimum atomic E-state index is -0.331. The molecule has 3 aliphatic rings. The molecular weight excluding hydrogens is 578 g/mol. The number of ether oxygens (including phenoxy) is 2. The molecule has 2 N–H and O–H groups in total. The second-order valence-electron chi connectivity index (χ2n) is 11.9. The van der Waals surface area contributed by atoms with Gasteiger partial charge in [0.05, 0.1) is 16.9 Å². The van der Waals surface area contributed by atoms with Gasteiger partial charge < -0.3 is 25.0 Å². The van der Waals surface area contributed by atoms with Gasteiger partial charge in [0.15, 0.2) is 5.13 Å². The van der Waals surface area contributed by atoms with Crippen molar-refractivity contribution in [2.24, 2.45) is 0 Å². The lowest BCUT2D eigenvalue weighted by molar-refractivity contribution is -0.0447. The van der Waals surface area contributed by atoms with Crippen LogP contribution in [0.5, 0.6) is 6.01 Å². The van der Waals surface area contributed by atoms with E-state index in [1.165, 1.54) is 11.3 Å². The Kier molecular flexibility index (Phi) is 9.68. The molecule has 234 valence electrons. The molecule has 0 atom stereocenters. The van der Waals surface area contributed by atoms with E-state index < -0.39 is 0 Å². The molecule has 3 fully saturated rings. The normalized spacial score (nSPS) is 18.8. The topological polar surface area (TPSA) is 122 Å². The minimum Gasteiger partial charge on any atom is -0.460 e. The highest BCUT2D eigenvalue weighted by Crippen LogP contribution is 2.36. The van der Waals surface area contributed by atoms with Crippen LogP contribution in [0.25, 0.3) is 0 Å². The van der Waals surface area contributed by atoms with E-state index in [4.69, 9.17) is 9.47 Å². The summed E-state index contributed by atoms with van der Waals surface area (Å²) < 4.78 is 12.0. The Bertz CT molecular complexity index is 1410. The molecule has 12 heteroatoms. The van der Waals surface area contributed by atoms with Crippen molar-refractivity contribution < 1.29 is 19.1 Å². The van der Waals surface area contributed by atoms with Gasteiger partial charge in [-0.2, -0.15) is 0 Å². The maximum Gasteiger partial charge on any atom is 0.316 e. The van der Waals surface area contributed by atoms with Crippen LogP contribution in [0.3, 0.4) is 0 Å². The summed E-state index contributed by atoms with van der Waals surface area (Å²) in [4.78, 5) is 44.0. The van der Waals surface area contributed by atoms with Gasteiger partial charge in [-0.25, -0.2) is 15.0 Å². The van der Waals surface area contributed by atoms with Crippen LogP contribution in [0.15, 0.2) is 42.0 Å². The SMILES string of the molecule is CCCNC(=O)c1cc(CN2CCC3(CCCO3)CC2)ccc1NC(=O)c1csc(N2CCC(Oc3ncccn3)CC2)n1. The Morgan fingerprint density at radius 1 is 1.09 bits per heavy atom. The van der Waals surface area contributed by atoms with Crippen LogP contribution in [-0.4, -0.2) is 82.7 Å². The first-order chi connectivity index (χ1) is 21.5. The number of hydrogen-bond acceptors (Lipinski definition) is 10. The van der Waals surface area contributed by atoms with Crippen molar-refractivity contribution >= 4 is 34.0 Å². The lowest BCUT2D eigenvalue weighted by atomic mass is 9.88. The average molecular weight is 620 g/mol. The second kappa shape index (κ2) is 14.0. The number of aromatic nitrogens is 3. The first-order valence-corrected chi connectivity index (χ1v) is 16.6. The van der Waals surface area contributed by atoms with Crippen molar-refractivity contribution in [1.82, 2.24) is 25.2 Å². The zero-order valence-corrected chi connectivity index (χ0v) is 26.1. The summed E-state index contributed by atoms with van der Waals surface area (Å²) in [5.74, 6) is -0.520. The monoisotopic (exact) mass is 619 g/mol. The van der Waals surface area contributed by atoms with Crippen LogP contribution in [-0.2, 0) is 11.3 Å². The predicted molar refractivity (Wildman–Crippen MR) is 169 cm³/mol. The van der Waals surface area contributed by atoms with Crippen molar-refractivity contribution in [1.29, 1.82) is 0 Å². The van der Waals surface area contributed by atoms with Crippen LogP contribution >= 0.6 is 11.3 Å². The van der Waals surface area contributed by atoms with Crippen LogP contribution in [0.4, 0.5) is 10.8 Å². The maximum absolute atomic E-state index is 13.3. The highest BCUT2D eigenvalue weighted by molar-refractivity contribution is 7.14. The molecule has 2 aromatic heterocycles. The number of piperidine rings is 2. The molecule has 2 amide bonds. The molecule has 3 aromatic rings. The van der Waals surface area contributed by atoms with Crippen LogP contribution in [0.2, 0.25) is 0 Å². The average Bonchev–Trinajstić information content (AvgIpc) is 3.73. The number of thiazole rings is 1. The van der Waals surface area contributed by atoms with Gasteiger partial charge in [-0.3, -0.25) is 14.5 Å². The summed E-state index contributed by atoms with van der Waals surface area (Å²) in [7, 11) is 0. The second-order valence-corrected chi connectivity index (χ2v) is 12.7. The van der Waals surface area contributed by atoms with E-state index in [2.05, 4.69) is 35.4 Å². The number of anilines is 2. The Balaban J connectivity index is 1.07. The van der Waals surface area contributed by atoms with Crippen molar-refractivity contribution in [3.8, 4) is 6.01 Å². The van der Waals surface area contributed by atoms with Gasteiger partial charge >= 0.3 is 6.01 Å². The predicted octanol–water partition coefficient (Wildman–Crippen LogP) is 4.52. The van der Waals surface area contributed by atoms with Gasteiger partial charge in [0.25, 0.3) is 11.8 Å². The Labute approximate surface area is 262 Å². The molecule has 1 aromatic carbocycles. The summed E-state index contributed by atoms with van der Waals surface area (Å²) in [6.07, 6.45) is 10.3. The number of benzene rings is 1. The number of carbonyl (C=O) groups is 2. The standard InChI is InChI=1S/C32H41N7O4S/c1-2-12-33-28(40)25-20-23(21-38-17-10-32(11-18-38)9-3-19-42-32)5-6-26(25)36-29(41)27-22-44-31(37-27)39-15-7-24(8-16-39)43-30-34-13-4-14-35-30/h4-6,13-14,20,22,24H,2-3,7-12,15-19,21H2,1H3,(H,33,40)(H,36,41). The summed E-state index contributed by atoms with van der Waals surface area (Å²) in [6, 6.07) is 7.92. The van der Waals surface area contributed by atoms with E-state index in [0.29, 0.717) is 29.5 Å². The van der Waals surface area contributed by atoms with Gasteiger partial charge in [0, 0.05) is 76.5 Å². The number of likely N-dealkylation sites (tertiary alicyclic amines) is 1. The lowest BCUT2D eigenvalue weighted by Gasteiger charge is -2.38. The fourth-order valence-electron chi connectivity index (χ4n) is 6.21. The first kappa shape index (κ1) is 30.4. The highest BCUT2D eigenvalue weighted by Gasteiger charge is 2.38. The van der Waals surface area contributed by atoms with E-state index in [0.717, 1.165) is 95.0 Å².